The minimum atomic E-state index is -0.532. The van der Waals surface area contributed by atoms with Crippen LogP contribution in [0.15, 0.2) is 96.1 Å². The van der Waals surface area contributed by atoms with E-state index in [0.717, 1.165) is 21.5 Å². The molecule has 0 aliphatic heterocycles. The monoisotopic (exact) mass is 424 g/mol. The van der Waals surface area contributed by atoms with Gasteiger partial charge in [-0.05, 0) is 58.7 Å². The molecule has 0 aliphatic rings. The van der Waals surface area contributed by atoms with Gasteiger partial charge in [0.05, 0.1) is 0 Å². The molecule has 0 heterocycles. The van der Waals surface area contributed by atoms with Crippen molar-refractivity contribution < 1.29 is 19.1 Å². The third-order valence-electron chi connectivity index (χ3n) is 5.43. The maximum atomic E-state index is 12.9. The molecule has 0 saturated carbocycles. The summed E-state index contributed by atoms with van der Waals surface area (Å²) < 4.78 is 11.2. The summed E-state index contributed by atoms with van der Waals surface area (Å²) in [6.45, 7) is 3.66. The second-order valence-electron chi connectivity index (χ2n) is 7.46. The molecule has 0 atom stereocenters. The van der Waals surface area contributed by atoms with Crippen molar-refractivity contribution in [2.75, 3.05) is 0 Å². The Balaban J connectivity index is 1.57. The third-order valence-corrected chi connectivity index (χ3v) is 5.43. The van der Waals surface area contributed by atoms with E-state index in [2.05, 4.69) is 0 Å². The van der Waals surface area contributed by atoms with E-state index < -0.39 is 11.9 Å². The number of fused-ring (bicyclic) bond motifs is 2. The van der Waals surface area contributed by atoms with Gasteiger partial charge in [0.15, 0.2) is 0 Å². The normalized spacial score (nSPS) is 11.8. The van der Waals surface area contributed by atoms with Crippen LogP contribution in [0.5, 0.6) is 11.5 Å². The second kappa shape index (κ2) is 9.48. The fourth-order valence-corrected chi connectivity index (χ4v) is 3.76. The van der Waals surface area contributed by atoms with Gasteiger partial charge in [-0.15, -0.1) is 0 Å². The minimum absolute atomic E-state index is 0.325. The first kappa shape index (κ1) is 21.3. The van der Waals surface area contributed by atoms with Crippen molar-refractivity contribution in [2.24, 2.45) is 0 Å². The molecule has 0 fully saturated rings. The van der Waals surface area contributed by atoms with Gasteiger partial charge < -0.3 is 9.47 Å². The standard InChI is InChI=1S/C28H24O4/c1-3-25(27(29)31-23-15-13-19-9-5-7-11-21(19)17-23)26(4-2)28(30)32-24-16-14-20-10-6-8-12-22(20)18-24/h5-18H,3-4H2,1-2H3/b26-25-. The Kier molecular flexibility index (Phi) is 6.31. The van der Waals surface area contributed by atoms with Gasteiger partial charge in [0.25, 0.3) is 0 Å². The van der Waals surface area contributed by atoms with Gasteiger partial charge in [0, 0.05) is 11.1 Å². The zero-order chi connectivity index (χ0) is 22.5. The average molecular weight is 424 g/mol. The lowest BCUT2D eigenvalue weighted by Crippen LogP contribution is -2.19. The summed E-state index contributed by atoms with van der Waals surface area (Å²) in [4.78, 5) is 25.8. The number of rotatable bonds is 6. The molecule has 0 radical (unpaired) electrons. The Morgan fingerprint density at radius 3 is 1.31 bits per heavy atom. The number of hydrogen-bond donors (Lipinski definition) is 0. The lowest BCUT2D eigenvalue weighted by atomic mass is 10.0. The van der Waals surface area contributed by atoms with Crippen molar-refractivity contribution >= 4 is 33.5 Å². The van der Waals surface area contributed by atoms with Gasteiger partial charge in [-0.1, -0.05) is 74.5 Å². The minimum Gasteiger partial charge on any atom is -0.423 e. The van der Waals surface area contributed by atoms with Gasteiger partial charge in [-0.2, -0.15) is 0 Å². The molecule has 0 aromatic heterocycles. The Labute approximate surface area is 187 Å². The van der Waals surface area contributed by atoms with Gasteiger partial charge in [-0.3, -0.25) is 0 Å². The summed E-state index contributed by atoms with van der Waals surface area (Å²) >= 11 is 0. The van der Waals surface area contributed by atoms with Crippen molar-refractivity contribution in [3.05, 3.63) is 96.1 Å². The second-order valence-corrected chi connectivity index (χ2v) is 7.46. The molecular formula is C28H24O4. The van der Waals surface area contributed by atoms with E-state index in [-0.39, 0.29) is 0 Å². The zero-order valence-corrected chi connectivity index (χ0v) is 18.1. The van der Waals surface area contributed by atoms with Crippen LogP contribution in [0.3, 0.4) is 0 Å². The highest BCUT2D eigenvalue weighted by molar-refractivity contribution is 6.02. The number of benzene rings is 4. The van der Waals surface area contributed by atoms with E-state index in [1.807, 2.05) is 86.6 Å². The smallest absolute Gasteiger partial charge is 0.339 e. The van der Waals surface area contributed by atoms with Crippen LogP contribution in [0, 0.1) is 0 Å². The van der Waals surface area contributed by atoms with Crippen LogP contribution in [0.4, 0.5) is 0 Å². The topological polar surface area (TPSA) is 52.6 Å². The first-order valence-corrected chi connectivity index (χ1v) is 10.7. The van der Waals surface area contributed by atoms with E-state index in [0.29, 0.717) is 35.5 Å². The molecule has 32 heavy (non-hydrogen) atoms. The molecule has 4 aromatic rings. The number of carbonyl (C=O) groups is 2. The Hall–Kier alpha value is -3.92. The predicted octanol–water partition coefficient (Wildman–Crippen LogP) is 6.62. The Bertz CT molecular complexity index is 1230. The van der Waals surface area contributed by atoms with Crippen molar-refractivity contribution in [1.82, 2.24) is 0 Å². The highest BCUT2D eigenvalue weighted by Gasteiger charge is 2.22. The number of ether oxygens (including phenoxy) is 2. The average Bonchev–Trinajstić information content (AvgIpc) is 2.82. The van der Waals surface area contributed by atoms with Crippen LogP contribution in [0.1, 0.15) is 26.7 Å². The fourth-order valence-electron chi connectivity index (χ4n) is 3.76. The van der Waals surface area contributed by atoms with Gasteiger partial charge >= 0.3 is 11.9 Å². The molecule has 0 N–H and O–H groups in total. The van der Waals surface area contributed by atoms with Crippen LogP contribution in [0.2, 0.25) is 0 Å². The molecule has 0 saturated heterocycles. The van der Waals surface area contributed by atoms with Crippen molar-refractivity contribution in [1.29, 1.82) is 0 Å². The van der Waals surface area contributed by atoms with E-state index in [9.17, 15) is 9.59 Å². The Morgan fingerprint density at radius 1 is 0.562 bits per heavy atom. The number of esters is 2. The third kappa shape index (κ3) is 4.54. The summed E-state index contributed by atoms with van der Waals surface area (Å²) in [5.41, 5.74) is 0.651. The van der Waals surface area contributed by atoms with E-state index >= 15 is 0 Å². The van der Waals surface area contributed by atoms with Crippen molar-refractivity contribution in [3.8, 4) is 11.5 Å². The summed E-state index contributed by atoms with van der Waals surface area (Å²) in [6.07, 6.45) is 0.727. The van der Waals surface area contributed by atoms with Crippen LogP contribution in [-0.4, -0.2) is 11.9 Å². The SMILES string of the molecule is CC/C(C(=O)Oc1ccc2ccccc2c1)=C(\CC)C(=O)Oc1ccc2ccccc2c1. The van der Waals surface area contributed by atoms with E-state index in [1.54, 1.807) is 12.1 Å². The maximum absolute atomic E-state index is 12.9. The quantitative estimate of drug-likeness (QED) is 0.198. The molecular weight excluding hydrogens is 400 g/mol. The summed E-state index contributed by atoms with van der Waals surface area (Å²) in [5.74, 6) is -0.179. The van der Waals surface area contributed by atoms with Crippen LogP contribution >= 0.6 is 0 Å². The van der Waals surface area contributed by atoms with Gasteiger partial charge in [0.2, 0.25) is 0 Å². The molecule has 160 valence electrons. The molecule has 4 heteroatoms. The van der Waals surface area contributed by atoms with Gasteiger partial charge in [-0.25, -0.2) is 9.59 Å². The predicted molar refractivity (Wildman–Crippen MR) is 127 cm³/mol. The van der Waals surface area contributed by atoms with Crippen LogP contribution in [0.25, 0.3) is 21.5 Å². The van der Waals surface area contributed by atoms with E-state index in [4.69, 9.17) is 9.47 Å². The van der Waals surface area contributed by atoms with Crippen LogP contribution < -0.4 is 9.47 Å². The fraction of sp³-hybridized carbons (Fsp3) is 0.143. The summed E-state index contributed by atoms with van der Waals surface area (Å²) in [5, 5.41) is 4.08. The molecule has 4 rings (SSSR count). The molecule has 0 amide bonds. The van der Waals surface area contributed by atoms with Crippen molar-refractivity contribution in [3.63, 3.8) is 0 Å². The number of hydrogen-bond acceptors (Lipinski definition) is 4. The number of carbonyl (C=O) groups excluding carboxylic acids is 2. The molecule has 0 spiro atoms. The highest BCUT2D eigenvalue weighted by Crippen LogP contribution is 2.25. The maximum Gasteiger partial charge on any atom is 0.339 e. The van der Waals surface area contributed by atoms with E-state index in [1.165, 1.54) is 0 Å². The largest absolute Gasteiger partial charge is 0.423 e. The lowest BCUT2D eigenvalue weighted by Gasteiger charge is -2.13. The molecule has 0 unspecified atom stereocenters. The molecule has 0 bridgehead atoms. The molecule has 0 aliphatic carbocycles. The first-order chi connectivity index (χ1) is 15.6. The molecule has 4 nitrogen and oxygen atoms in total. The van der Waals surface area contributed by atoms with Crippen molar-refractivity contribution in [2.45, 2.75) is 26.7 Å². The zero-order valence-electron chi connectivity index (χ0n) is 18.1. The summed E-state index contributed by atoms with van der Waals surface area (Å²) in [7, 11) is 0. The Morgan fingerprint density at radius 2 is 0.938 bits per heavy atom. The summed E-state index contributed by atoms with van der Waals surface area (Å²) in [6, 6.07) is 26.7. The lowest BCUT2D eigenvalue weighted by molar-refractivity contribution is -0.133. The van der Waals surface area contributed by atoms with Crippen LogP contribution in [-0.2, 0) is 9.59 Å². The highest BCUT2D eigenvalue weighted by atomic mass is 16.5. The molecule has 4 aromatic carbocycles. The van der Waals surface area contributed by atoms with Gasteiger partial charge in [0.1, 0.15) is 11.5 Å². The first-order valence-electron chi connectivity index (χ1n) is 10.7.